The van der Waals surface area contributed by atoms with E-state index in [1.807, 2.05) is 0 Å². The molecule has 0 fully saturated rings. The van der Waals surface area contributed by atoms with Gasteiger partial charge in [-0.05, 0) is 0 Å². The van der Waals surface area contributed by atoms with Crippen LogP contribution >= 0.6 is 0 Å². The topological polar surface area (TPSA) is 59.9 Å². The Labute approximate surface area is 67.3 Å². The van der Waals surface area contributed by atoms with Gasteiger partial charge in [-0.1, -0.05) is 4.48 Å². The van der Waals surface area contributed by atoms with Crippen LogP contribution in [0.2, 0.25) is 0 Å². The lowest BCUT2D eigenvalue weighted by molar-refractivity contribution is -0.0613. The van der Waals surface area contributed by atoms with Crippen LogP contribution in [-0.2, 0) is 0 Å². The molecule has 0 aromatic carbocycles. The highest BCUT2D eigenvalue weighted by molar-refractivity contribution is 5.93. The van der Waals surface area contributed by atoms with Crippen molar-refractivity contribution in [2.75, 3.05) is 13.2 Å². The Balaban J connectivity index is 2.60. The molecule has 5 nitrogen and oxygen atoms in total. The van der Waals surface area contributed by atoms with Crippen molar-refractivity contribution in [1.82, 2.24) is 16.2 Å². The van der Waals surface area contributed by atoms with Crippen LogP contribution in [-0.4, -0.2) is 29.4 Å². The number of aliphatic imine (C=N–C) groups is 1. The van der Waals surface area contributed by atoms with Crippen molar-refractivity contribution in [2.24, 2.45) is 4.99 Å². The number of aliphatic hydroxyl groups is 1. The van der Waals surface area contributed by atoms with Crippen LogP contribution in [0.1, 0.15) is 0 Å². The zero-order valence-electron chi connectivity index (χ0n) is 6.09. The molecule has 0 aromatic rings. The molecule has 0 unspecified atom stereocenters. The van der Waals surface area contributed by atoms with Gasteiger partial charge in [-0.15, -0.1) is 0 Å². The summed E-state index contributed by atoms with van der Waals surface area (Å²) in [6.45, 7) is -0.0691. The van der Waals surface area contributed by atoms with Gasteiger partial charge in [0.05, 0.1) is 13.2 Å². The highest BCUT2D eigenvalue weighted by Gasteiger charge is 2.12. The second-order valence-corrected chi connectivity index (χ2v) is 1.99. The first kappa shape index (κ1) is 8.88. The first-order valence-corrected chi connectivity index (χ1v) is 3.24. The molecule has 0 atom stereocenters. The SMILES string of the molecule is OCCN=C1C=C(F)NN(F)N1. The van der Waals surface area contributed by atoms with Crippen LogP contribution in [0.4, 0.5) is 8.87 Å². The van der Waals surface area contributed by atoms with Gasteiger partial charge in [-0.25, -0.2) is 5.43 Å². The van der Waals surface area contributed by atoms with Crippen molar-refractivity contribution in [2.45, 2.75) is 0 Å². The third-order valence-corrected chi connectivity index (χ3v) is 1.06. The van der Waals surface area contributed by atoms with Crippen molar-refractivity contribution in [3.8, 4) is 0 Å². The van der Waals surface area contributed by atoms with Gasteiger partial charge in [0, 0.05) is 11.4 Å². The molecule has 1 rings (SSSR count). The van der Waals surface area contributed by atoms with Crippen molar-refractivity contribution < 1.29 is 14.0 Å². The number of nitrogens with one attached hydrogen (secondary N) is 2. The number of amidine groups is 1. The Morgan fingerprint density at radius 1 is 1.58 bits per heavy atom. The smallest absolute Gasteiger partial charge is 0.208 e. The van der Waals surface area contributed by atoms with E-state index in [1.165, 1.54) is 0 Å². The summed E-state index contributed by atoms with van der Waals surface area (Å²) in [6, 6.07) is 0. The lowest BCUT2D eigenvalue weighted by Crippen LogP contribution is -2.47. The minimum Gasteiger partial charge on any atom is -0.394 e. The first-order valence-electron chi connectivity index (χ1n) is 3.24. The van der Waals surface area contributed by atoms with Gasteiger partial charge >= 0.3 is 0 Å². The molecule has 0 aliphatic carbocycles. The number of rotatable bonds is 2. The number of hydrazine groups is 2. The van der Waals surface area contributed by atoms with Gasteiger partial charge in [-0.2, -0.15) is 4.39 Å². The van der Waals surface area contributed by atoms with Crippen LogP contribution in [0, 0.1) is 0 Å². The quantitative estimate of drug-likeness (QED) is 0.390. The molecule has 0 aromatic heterocycles. The molecule has 3 N–H and O–H groups in total. The van der Waals surface area contributed by atoms with Crippen LogP contribution in [0.5, 0.6) is 0 Å². The summed E-state index contributed by atoms with van der Waals surface area (Å²) in [7, 11) is 0. The van der Waals surface area contributed by atoms with E-state index >= 15 is 0 Å². The molecule has 68 valence electrons. The summed E-state index contributed by atoms with van der Waals surface area (Å²) in [5, 5.41) is 8.20. The van der Waals surface area contributed by atoms with E-state index < -0.39 is 5.95 Å². The Morgan fingerprint density at radius 2 is 2.33 bits per heavy atom. The Hall–Kier alpha value is -1.21. The fourth-order valence-electron chi connectivity index (χ4n) is 0.658. The second kappa shape index (κ2) is 3.98. The van der Waals surface area contributed by atoms with Crippen LogP contribution < -0.4 is 10.9 Å². The van der Waals surface area contributed by atoms with Crippen molar-refractivity contribution in [3.63, 3.8) is 0 Å². The average molecular weight is 178 g/mol. The maximum Gasteiger partial charge on any atom is 0.208 e. The molecule has 0 bridgehead atoms. The third kappa shape index (κ3) is 2.44. The third-order valence-electron chi connectivity index (χ3n) is 1.06. The highest BCUT2D eigenvalue weighted by Crippen LogP contribution is 1.99. The van der Waals surface area contributed by atoms with Gasteiger partial charge in [-0.3, -0.25) is 10.4 Å². The lowest BCUT2D eigenvalue weighted by atomic mass is 10.5. The predicted octanol–water partition coefficient (Wildman–Crippen LogP) is -0.603. The molecule has 1 heterocycles. The number of nitrogens with zero attached hydrogens (tertiary/aromatic N) is 2. The standard InChI is InChI=1S/C5H8F2N4O/c6-4-3-5(8-1-2-12)10-11(7)9-4/h3,9,12H,1-2H2,(H,8,10). The maximum absolute atomic E-state index is 12.4. The van der Waals surface area contributed by atoms with E-state index in [0.717, 1.165) is 6.08 Å². The van der Waals surface area contributed by atoms with Crippen molar-refractivity contribution in [1.29, 1.82) is 0 Å². The van der Waals surface area contributed by atoms with E-state index in [9.17, 15) is 8.87 Å². The second-order valence-electron chi connectivity index (χ2n) is 1.99. The van der Waals surface area contributed by atoms with Gasteiger partial charge in [0.2, 0.25) is 5.95 Å². The molecule has 0 saturated heterocycles. The summed E-state index contributed by atoms with van der Waals surface area (Å²) in [6.07, 6.45) is 0.978. The fraction of sp³-hybridized carbons (Fsp3) is 0.400. The molecule has 0 saturated carbocycles. The predicted molar refractivity (Wildman–Crippen MR) is 37.8 cm³/mol. The minimum atomic E-state index is -0.854. The zero-order valence-corrected chi connectivity index (χ0v) is 6.09. The van der Waals surface area contributed by atoms with E-state index in [1.54, 1.807) is 5.43 Å². The number of aliphatic hydroxyl groups excluding tert-OH is 1. The van der Waals surface area contributed by atoms with Crippen LogP contribution in [0.15, 0.2) is 17.0 Å². The lowest BCUT2D eigenvalue weighted by Gasteiger charge is -2.19. The monoisotopic (exact) mass is 178 g/mol. The molecule has 7 heteroatoms. The Bertz CT molecular complexity index is 217. The van der Waals surface area contributed by atoms with Crippen molar-refractivity contribution >= 4 is 5.84 Å². The zero-order chi connectivity index (χ0) is 8.97. The van der Waals surface area contributed by atoms with Gasteiger partial charge in [0.1, 0.15) is 5.84 Å². The molecule has 0 amide bonds. The van der Waals surface area contributed by atoms with Crippen molar-refractivity contribution in [3.05, 3.63) is 12.0 Å². The average Bonchev–Trinajstić information content (AvgIpc) is 1.99. The van der Waals surface area contributed by atoms with Crippen LogP contribution in [0.3, 0.4) is 0 Å². The maximum atomic E-state index is 12.4. The largest absolute Gasteiger partial charge is 0.394 e. The van der Waals surface area contributed by atoms with Crippen LogP contribution in [0.25, 0.3) is 0 Å². The minimum absolute atomic E-state index is 0.0165. The summed E-state index contributed by atoms with van der Waals surface area (Å²) in [5.41, 5.74) is 3.75. The molecule has 0 radical (unpaired) electrons. The summed E-state index contributed by atoms with van der Waals surface area (Å²) in [5.74, 6) is -0.837. The molecular formula is C5H8F2N4O. The van der Waals surface area contributed by atoms with Gasteiger partial charge in [0.15, 0.2) is 0 Å². The van der Waals surface area contributed by atoms with Gasteiger partial charge < -0.3 is 5.11 Å². The summed E-state index contributed by atoms with van der Waals surface area (Å²) >= 11 is 0. The normalized spacial score (nSPS) is 21.6. The van der Waals surface area contributed by atoms with E-state index in [2.05, 4.69) is 10.4 Å². The molecule has 0 spiro atoms. The molecule has 1 aliphatic rings. The number of halogens is 2. The van der Waals surface area contributed by atoms with E-state index in [-0.39, 0.29) is 24.3 Å². The summed E-state index contributed by atoms with van der Waals surface area (Å²) < 4.78 is 24.7. The molecule has 12 heavy (non-hydrogen) atoms. The fourth-order valence-corrected chi connectivity index (χ4v) is 0.658. The Kier molecular flexibility index (Phi) is 2.94. The van der Waals surface area contributed by atoms with Gasteiger partial charge in [0.25, 0.3) is 0 Å². The van der Waals surface area contributed by atoms with E-state index in [0.29, 0.717) is 0 Å². The number of hydrogen-bond donors (Lipinski definition) is 3. The Morgan fingerprint density at radius 3 is 2.92 bits per heavy atom. The van der Waals surface area contributed by atoms with E-state index in [4.69, 9.17) is 5.11 Å². The highest BCUT2D eigenvalue weighted by atomic mass is 19.2. The molecule has 1 aliphatic heterocycles. The molecular weight excluding hydrogens is 170 g/mol. The first-order chi connectivity index (χ1) is 5.72. The summed E-state index contributed by atoms with van der Waals surface area (Å²) in [4.78, 5) is 3.62. The number of hydrogen-bond acceptors (Lipinski definition) is 4.